The molecule has 4 rings (SSSR count). The number of rotatable bonds is 1. The lowest BCUT2D eigenvalue weighted by atomic mass is 10.1. The molecule has 0 bridgehead atoms. The Hall–Kier alpha value is -2.43. The minimum Gasteiger partial charge on any atom is -0.454 e. The maximum atomic E-state index is 5.39. The summed E-state index contributed by atoms with van der Waals surface area (Å²) in [5, 5.41) is 6.78. The summed E-state index contributed by atoms with van der Waals surface area (Å²) in [4.78, 5) is 3.17. The van der Waals surface area contributed by atoms with Gasteiger partial charge < -0.3 is 14.8 Å². The number of nitrogens with one attached hydrogen (secondary N) is 3. The van der Waals surface area contributed by atoms with E-state index in [0.29, 0.717) is 6.79 Å². The average molecular weight is 242 g/mol. The summed E-state index contributed by atoms with van der Waals surface area (Å²) < 4.78 is 10.7. The molecule has 1 aromatic heterocycles. The van der Waals surface area contributed by atoms with Crippen molar-refractivity contribution in [1.82, 2.24) is 0 Å². The van der Waals surface area contributed by atoms with Crippen LogP contribution in [0.2, 0.25) is 0 Å². The summed E-state index contributed by atoms with van der Waals surface area (Å²) in [5.74, 6) is 2.61. The zero-order chi connectivity index (χ0) is 11.9. The lowest BCUT2D eigenvalue weighted by Crippen LogP contribution is -2.14. The molecule has 18 heavy (non-hydrogen) atoms. The molecule has 90 valence electrons. The van der Waals surface area contributed by atoms with Gasteiger partial charge >= 0.3 is 0 Å². The van der Waals surface area contributed by atoms with Gasteiger partial charge in [0.15, 0.2) is 17.7 Å². The number of fused-ring (bicyclic) bond motifs is 2. The normalized spacial score (nSPS) is 19.0. The number of aromatic amines is 1. The number of aromatic nitrogens is 1. The van der Waals surface area contributed by atoms with Crippen molar-refractivity contribution in [2.75, 3.05) is 17.4 Å². The van der Waals surface area contributed by atoms with Gasteiger partial charge in [-0.2, -0.15) is 0 Å². The molecular formula is C13H12N3O2+. The molecular weight excluding hydrogens is 230 g/mol. The number of anilines is 2. The first-order chi connectivity index (χ1) is 8.90. The first-order valence-corrected chi connectivity index (χ1v) is 5.83. The largest absolute Gasteiger partial charge is 0.454 e. The van der Waals surface area contributed by atoms with E-state index < -0.39 is 0 Å². The SMILES string of the molecule is c1c[nH+]c2c(c1)N[C@H](c1ccc3c(c1)OCO3)N2. The van der Waals surface area contributed by atoms with Crippen LogP contribution >= 0.6 is 0 Å². The van der Waals surface area contributed by atoms with Crippen LogP contribution in [0.1, 0.15) is 11.7 Å². The number of benzene rings is 1. The maximum absolute atomic E-state index is 5.39. The van der Waals surface area contributed by atoms with E-state index in [0.717, 1.165) is 28.6 Å². The number of pyridine rings is 1. The van der Waals surface area contributed by atoms with Crippen LogP contribution in [-0.4, -0.2) is 6.79 Å². The summed E-state index contributed by atoms with van der Waals surface area (Å²) in [6, 6.07) is 9.97. The molecule has 0 spiro atoms. The number of hydrogen-bond donors (Lipinski definition) is 2. The maximum Gasteiger partial charge on any atom is 0.298 e. The minimum atomic E-state index is 0.0492. The second kappa shape index (κ2) is 3.53. The Morgan fingerprint density at radius 3 is 3.00 bits per heavy atom. The smallest absolute Gasteiger partial charge is 0.298 e. The van der Waals surface area contributed by atoms with Gasteiger partial charge in [-0.05, 0) is 30.3 Å². The summed E-state index contributed by atoms with van der Waals surface area (Å²) in [7, 11) is 0. The standard InChI is InChI=1S/C13H11N3O2/c1-2-9-13(14-5-1)16-12(15-9)8-3-4-10-11(6-8)18-7-17-10/h1-6,12,15H,7H2,(H,14,16)/p+1/t12-/m0/s1. The first-order valence-electron chi connectivity index (χ1n) is 5.83. The van der Waals surface area contributed by atoms with Gasteiger partial charge in [0.05, 0.1) is 6.20 Å². The molecule has 2 aliphatic rings. The second-order valence-corrected chi connectivity index (χ2v) is 4.29. The Morgan fingerprint density at radius 2 is 2.06 bits per heavy atom. The summed E-state index contributed by atoms with van der Waals surface area (Å²) in [6.45, 7) is 0.304. The third-order valence-electron chi connectivity index (χ3n) is 3.17. The second-order valence-electron chi connectivity index (χ2n) is 4.29. The van der Waals surface area contributed by atoms with Crippen LogP contribution in [0.3, 0.4) is 0 Å². The van der Waals surface area contributed by atoms with Crippen molar-refractivity contribution in [3.63, 3.8) is 0 Å². The van der Waals surface area contributed by atoms with Crippen molar-refractivity contribution in [3.8, 4) is 11.5 Å². The summed E-state index contributed by atoms with van der Waals surface area (Å²) in [6.07, 6.45) is 1.95. The Kier molecular flexibility index (Phi) is 1.88. The van der Waals surface area contributed by atoms with Gasteiger partial charge in [-0.15, -0.1) is 0 Å². The molecule has 0 amide bonds. The van der Waals surface area contributed by atoms with E-state index in [1.54, 1.807) is 0 Å². The van der Waals surface area contributed by atoms with Crippen LogP contribution in [0.5, 0.6) is 11.5 Å². The topological polar surface area (TPSA) is 56.7 Å². The molecule has 0 unspecified atom stereocenters. The van der Waals surface area contributed by atoms with Crippen LogP contribution in [0, 0.1) is 0 Å². The molecule has 3 N–H and O–H groups in total. The number of hydrogen-bond acceptors (Lipinski definition) is 4. The lowest BCUT2D eigenvalue weighted by Gasteiger charge is -2.08. The van der Waals surface area contributed by atoms with Gasteiger partial charge in [-0.1, -0.05) is 0 Å². The van der Waals surface area contributed by atoms with Crippen LogP contribution in [0.4, 0.5) is 11.5 Å². The third-order valence-corrected chi connectivity index (χ3v) is 3.17. The molecule has 1 aromatic carbocycles. The van der Waals surface area contributed by atoms with E-state index in [1.165, 1.54) is 0 Å². The predicted molar refractivity (Wildman–Crippen MR) is 65.5 cm³/mol. The fraction of sp³-hybridized carbons (Fsp3) is 0.154. The fourth-order valence-electron chi connectivity index (χ4n) is 2.27. The highest BCUT2D eigenvalue weighted by atomic mass is 16.7. The summed E-state index contributed by atoms with van der Waals surface area (Å²) in [5.41, 5.74) is 2.18. The molecule has 3 heterocycles. The van der Waals surface area contributed by atoms with E-state index in [2.05, 4.69) is 15.6 Å². The Labute approximate surface area is 104 Å². The minimum absolute atomic E-state index is 0.0492. The average Bonchev–Trinajstić information content (AvgIpc) is 3.04. The van der Waals surface area contributed by atoms with Crippen LogP contribution in [0.15, 0.2) is 36.5 Å². The molecule has 0 saturated heterocycles. The number of ether oxygens (including phenoxy) is 2. The highest BCUT2D eigenvalue weighted by Gasteiger charge is 2.28. The van der Waals surface area contributed by atoms with Crippen LogP contribution in [-0.2, 0) is 0 Å². The fourth-order valence-corrected chi connectivity index (χ4v) is 2.27. The van der Waals surface area contributed by atoms with E-state index >= 15 is 0 Å². The van der Waals surface area contributed by atoms with E-state index in [9.17, 15) is 0 Å². The van der Waals surface area contributed by atoms with Gasteiger partial charge in [-0.3, -0.25) is 0 Å². The molecule has 2 aliphatic heterocycles. The van der Waals surface area contributed by atoms with Gasteiger partial charge in [0, 0.05) is 5.56 Å². The molecule has 0 radical (unpaired) electrons. The van der Waals surface area contributed by atoms with Crippen molar-refractivity contribution < 1.29 is 14.5 Å². The van der Waals surface area contributed by atoms with Crippen molar-refractivity contribution in [2.24, 2.45) is 0 Å². The Balaban J connectivity index is 1.66. The molecule has 1 atom stereocenters. The molecule has 0 aliphatic carbocycles. The predicted octanol–water partition coefficient (Wildman–Crippen LogP) is 1.77. The van der Waals surface area contributed by atoms with E-state index in [-0.39, 0.29) is 6.17 Å². The lowest BCUT2D eigenvalue weighted by molar-refractivity contribution is -0.359. The molecule has 5 heteroatoms. The van der Waals surface area contributed by atoms with Crippen LogP contribution < -0.4 is 25.1 Å². The molecule has 5 nitrogen and oxygen atoms in total. The van der Waals surface area contributed by atoms with E-state index in [4.69, 9.17) is 9.47 Å². The van der Waals surface area contributed by atoms with E-state index in [1.807, 2.05) is 36.5 Å². The third kappa shape index (κ3) is 1.37. The van der Waals surface area contributed by atoms with Gasteiger partial charge in [-0.25, -0.2) is 10.3 Å². The van der Waals surface area contributed by atoms with Gasteiger partial charge in [0.1, 0.15) is 5.69 Å². The molecule has 2 aromatic rings. The number of H-pyrrole nitrogens is 1. The zero-order valence-electron chi connectivity index (χ0n) is 9.57. The van der Waals surface area contributed by atoms with Crippen molar-refractivity contribution in [3.05, 3.63) is 42.1 Å². The van der Waals surface area contributed by atoms with Crippen molar-refractivity contribution in [1.29, 1.82) is 0 Å². The highest BCUT2D eigenvalue weighted by molar-refractivity contribution is 5.68. The Morgan fingerprint density at radius 1 is 1.11 bits per heavy atom. The van der Waals surface area contributed by atoms with Gasteiger partial charge in [0.25, 0.3) is 5.82 Å². The highest BCUT2D eigenvalue weighted by Crippen LogP contribution is 2.37. The van der Waals surface area contributed by atoms with Gasteiger partial charge in [0.2, 0.25) is 6.79 Å². The monoisotopic (exact) mass is 242 g/mol. The van der Waals surface area contributed by atoms with Crippen molar-refractivity contribution in [2.45, 2.75) is 6.17 Å². The first kappa shape index (κ1) is 9.58. The van der Waals surface area contributed by atoms with Crippen LogP contribution in [0.25, 0.3) is 0 Å². The summed E-state index contributed by atoms with van der Waals surface area (Å²) >= 11 is 0. The van der Waals surface area contributed by atoms with Crippen molar-refractivity contribution >= 4 is 11.5 Å². The molecule has 0 saturated carbocycles. The zero-order valence-corrected chi connectivity index (χ0v) is 9.57. The quantitative estimate of drug-likeness (QED) is 0.800. The molecule has 0 fully saturated rings. The Bertz CT molecular complexity index is 590.